The number of aliphatic imine (C=N–C) groups is 1. The van der Waals surface area contributed by atoms with E-state index < -0.39 is 0 Å². The van der Waals surface area contributed by atoms with Crippen LogP contribution in [0.15, 0.2) is 35.3 Å². The Balaban J connectivity index is 1.91. The Bertz CT molecular complexity index is 334. The van der Waals surface area contributed by atoms with Gasteiger partial charge in [-0.25, -0.2) is 0 Å². The minimum absolute atomic E-state index is 0.762. The zero-order valence-corrected chi connectivity index (χ0v) is 10.2. The first-order valence-corrected chi connectivity index (χ1v) is 6.41. The molecule has 0 unspecified atom stereocenters. The van der Waals surface area contributed by atoms with Crippen molar-refractivity contribution in [1.29, 1.82) is 0 Å². The van der Waals surface area contributed by atoms with Gasteiger partial charge < -0.3 is 0 Å². The lowest BCUT2D eigenvalue weighted by Crippen LogP contribution is -2.15. The highest BCUT2D eigenvalue weighted by Crippen LogP contribution is 2.25. The van der Waals surface area contributed by atoms with Gasteiger partial charge in [-0.1, -0.05) is 49.6 Å². The Morgan fingerprint density at radius 2 is 1.81 bits per heavy atom. The number of hydrogen-bond donors (Lipinski definition) is 0. The molecule has 0 saturated heterocycles. The van der Waals surface area contributed by atoms with Gasteiger partial charge in [0.25, 0.3) is 0 Å². The Kier molecular flexibility index (Phi) is 4.15. The molecule has 0 N–H and O–H groups in total. The van der Waals surface area contributed by atoms with Crippen LogP contribution >= 0.6 is 0 Å². The lowest BCUT2D eigenvalue weighted by atomic mass is 9.86. The standard InChI is InChI=1S/C15H21N/c1-13(15-10-6-3-7-11-15)16-12-14-8-4-2-5-9-14/h2,4-5,8-9,15H,3,6-7,10-12H2,1H3. The molecule has 1 nitrogen and oxygen atoms in total. The quantitative estimate of drug-likeness (QED) is 0.669. The van der Waals surface area contributed by atoms with Crippen LogP contribution in [0.5, 0.6) is 0 Å². The van der Waals surface area contributed by atoms with Crippen molar-refractivity contribution >= 4 is 5.71 Å². The van der Waals surface area contributed by atoms with Gasteiger partial charge in [-0.05, 0) is 31.2 Å². The van der Waals surface area contributed by atoms with Crippen molar-refractivity contribution in [3.63, 3.8) is 0 Å². The second kappa shape index (κ2) is 5.83. The maximum absolute atomic E-state index is 4.73. The molecule has 0 amide bonds. The Hall–Kier alpha value is -1.11. The summed E-state index contributed by atoms with van der Waals surface area (Å²) in [6.45, 7) is 3.06. The maximum atomic E-state index is 4.73. The molecule has 0 spiro atoms. The predicted molar refractivity (Wildman–Crippen MR) is 69.8 cm³/mol. The van der Waals surface area contributed by atoms with Crippen molar-refractivity contribution < 1.29 is 0 Å². The van der Waals surface area contributed by atoms with Crippen LogP contribution in [0.3, 0.4) is 0 Å². The molecule has 1 aromatic carbocycles. The fourth-order valence-electron chi connectivity index (χ4n) is 2.45. The molecule has 2 rings (SSSR count). The molecule has 0 bridgehead atoms. The van der Waals surface area contributed by atoms with E-state index in [0.29, 0.717) is 0 Å². The highest BCUT2D eigenvalue weighted by Gasteiger charge is 2.15. The van der Waals surface area contributed by atoms with Gasteiger partial charge in [0.05, 0.1) is 6.54 Å². The predicted octanol–water partition coefficient (Wildman–Crippen LogP) is 4.23. The summed E-state index contributed by atoms with van der Waals surface area (Å²) < 4.78 is 0. The van der Waals surface area contributed by atoms with Gasteiger partial charge in [-0.2, -0.15) is 0 Å². The van der Waals surface area contributed by atoms with Crippen molar-refractivity contribution in [3.05, 3.63) is 35.9 Å². The molecule has 1 fully saturated rings. The van der Waals surface area contributed by atoms with E-state index in [1.807, 2.05) is 0 Å². The van der Waals surface area contributed by atoms with E-state index in [2.05, 4.69) is 37.3 Å². The van der Waals surface area contributed by atoms with Gasteiger partial charge in [0.2, 0.25) is 0 Å². The highest BCUT2D eigenvalue weighted by molar-refractivity contribution is 5.84. The van der Waals surface area contributed by atoms with Gasteiger partial charge >= 0.3 is 0 Å². The molecule has 0 radical (unpaired) electrons. The van der Waals surface area contributed by atoms with E-state index in [1.165, 1.54) is 43.4 Å². The third-order valence-corrected chi connectivity index (χ3v) is 3.55. The van der Waals surface area contributed by atoms with Crippen molar-refractivity contribution in [2.75, 3.05) is 0 Å². The SMILES string of the molecule is CC(=NCc1ccccc1)C1CCCCC1. The topological polar surface area (TPSA) is 12.4 Å². The molecule has 86 valence electrons. The largest absolute Gasteiger partial charge is 0.289 e. The summed E-state index contributed by atoms with van der Waals surface area (Å²) in [4.78, 5) is 4.73. The number of hydrogen-bond acceptors (Lipinski definition) is 1. The first-order chi connectivity index (χ1) is 7.86. The molecular formula is C15H21N. The van der Waals surface area contributed by atoms with Crippen molar-refractivity contribution in [3.8, 4) is 0 Å². The van der Waals surface area contributed by atoms with Crippen LogP contribution in [0.2, 0.25) is 0 Å². The molecule has 1 aromatic rings. The van der Waals surface area contributed by atoms with Gasteiger partial charge in [-0.15, -0.1) is 0 Å². The minimum Gasteiger partial charge on any atom is -0.289 e. The van der Waals surface area contributed by atoms with Gasteiger partial charge in [-0.3, -0.25) is 4.99 Å². The molecule has 16 heavy (non-hydrogen) atoms. The molecule has 1 aliphatic carbocycles. The molecule has 0 aliphatic heterocycles. The van der Waals surface area contributed by atoms with Crippen molar-refractivity contribution in [2.24, 2.45) is 10.9 Å². The summed E-state index contributed by atoms with van der Waals surface area (Å²) in [6, 6.07) is 10.5. The van der Waals surface area contributed by atoms with Crippen LogP contribution in [0, 0.1) is 5.92 Å². The molecule has 0 atom stereocenters. The van der Waals surface area contributed by atoms with Crippen LogP contribution in [0.25, 0.3) is 0 Å². The number of benzene rings is 1. The maximum Gasteiger partial charge on any atom is 0.0639 e. The van der Waals surface area contributed by atoms with Crippen LogP contribution < -0.4 is 0 Å². The van der Waals surface area contributed by atoms with Crippen LogP contribution in [-0.2, 0) is 6.54 Å². The Morgan fingerprint density at radius 1 is 1.12 bits per heavy atom. The molecule has 1 saturated carbocycles. The smallest absolute Gasteiger partial charge is 0.0639 e. The second-order valence-electron chi connectivity index (χ2n) is 4.78. The third kappa shape index (κ3) is 3.19. The Labute approximate surface area is 98.6 Å². The van der Waals surface area contributed by atoms with E-state index in [0.717, 1.165) is 12.5 Å². The van der Waals surface area contributed by atoms with Gasteiger partial charge in [0.15, 0.2) is 0 Å². The van der Waals surface area contributed by atoms with E-state index in [1.54, 1.807) is 0 Å². The zero-order valence-electron chi connectivity index (χ0n) is 10.2. The normalized spacial score (nSPS) is 18.7. The van der Waals surface area contributed by atoms with E-state index in [9.17, 15) is 0 Å². The first-order valence-electron chi connectivity index (χ1n) is 6.41. The summed E-state index contributed by atoms with van der Waals surface area (Å²) >= 11 is 0. The van der Waals surface area contributed by atoms with Crippen LogP contribution in [0.4, 0.5) is 0 Å². The average Bonchev–Trinajstić information content (AvgIpc) is 2.38. The molecule has 0 heterocycles. The Morgan fingerprint density at radius 3 is 2.50 bits per heavy atom. The highest BCUT2D eigenvalue weighted by atomic mass is 14.7. The second-order valence-corrected chi connectivity index (χ2v) is 4.78. The van der Waals surface area contributed by atoms with Gasteiger partial charge in [0, 0.05) is 5.71 Å². The molecular weight excluding hydrogens is 194 g/mol. The van der Waals surface area contributed by atoms with Crippen LogP contribution in [-0.4, -0.2) is 5.71 Å². The minimum atomic E-state index is 0.762. The van der Waals surface area contributed by atoms with Crippen molar-refractivity contribution in [2.45, 2.75) is 45.6 Å². The summed E-state index contributed by atoms with van der Waals surface area (Å²) in [7, 11) is 0. The summed E-state index contributed by atoms with van der Waals surface area (Å²) in [5.41, 5.74) is 2.68. The van der Waals surface area contributed by atoms with Gasteiger partial charge in [0.1, 0.15) is 0 Å². The molecule has 1 aliphatic rings. The van der Waals surface area contributed by atoms with E-state index >= 15 is 0 Å². The third-order valence-electron chi connectivity index (χ3n) is 3.55. The molecule has 0 aromatic heterocycles. The summed E-state index contributed by atoms with van der Waals surface area (Å²) in [6.07, 6.45) is 6.91. The zero-order chi connectivity index (χ0) is 11.2. The van der Waals surface area contributed by atoms with Crippen LogP contribution in [0.1, 0.15) is 44.6 Å². The van der Waals surface area contributed by atoms with E-state index in [4.69, 9.17) is 4.99 Å². The lowest BCUT2D eigenvalue weighted by molar-refractivity contribution is 0.437. The summed E-state index contributed by atoms with van der Waals surface area (Å²) in [5.74, 6) is 0.762. The number of rotatable bonds is 3. The van der Waals surface area contributed by atoms with E-state index in [-0.39, 0.29) is 0 Å². The summed E-state index contributed by atoms with van der Waals surface area (Å²) in [5, 5.41) is 0. The lowest BCUT2D eigenvalue weighted by Gasteiger charge is -2.21. The monoisotopic (exact) mass is 215 g/mol. The number of nitrogens with zero attached hydrogens (tertiary/aromatic N) is 1. The first kappa shape index (κ1) is 11.4. The fourth-order valence-corrected chi connectivity index (χ4v) is 2.45. The fraction of sp³-hybridized carbons (Fsp3) is 0.533. The molecule has 1 heteroatoms. The van der Waals surface area contributed by atoms with Crippen molar-refractivity contribution in [1.82, 2.24) is 0 Å². The average molecular weight is 215 g/mol.